The highest BCUT2D eigenvalue weighted by molar-refractivity contribution is 7.14. The highest BCUT2D eigenvalue weighted by atomic mass is 32.1. The fourth-order valence-corrected chi connectivity index (χ4v) is 2.36. The number of carbonyl (C=O) groups excluding carboxylic acids is 1. The Bertz CT molecular complexity index is 453. The molecule has 0 aliphatic rings. The van der Waals surface area contributed by atoms with E-state index in [2.05, 4.69) is 0 Å². The largest absolute Gasteiger partial charge is 0.492 e. The van der Waals surface area contributed by atoms with Crippen LogP contribution >= 0.6 is 11.3 Å². The van der Waals surface area contributed by atoms with Crippen LogP contribution in [-0.2, 0) is 11.2 Å². The molecule has 0 bridgehead atoms. The number of aryl methyl sites for hydroxylation is 1. The van der Waals surface area contributed by atoms with E-state index in [1.807, 2.05) is 6.92 Å². The molecule has 0 spiro atoms. The number of carboxylic acid groups (broad SMARTS) is 1. The molecule has 0 saturated heterocycles. The minimum Gasteiger partial charge on any atom is -0.492 e. The zero-order chi connectivity index (χ0) is 14.4. The molecule has 1 rings (SSSR count). The van der Waals surface area contributed by atoms with Gasteiger partial charge < -0.3 is 14.7 Å². The molecule has 1 aromatic rings. The van der Waals surface area contributed by atoms with Crippen molar-refractivity contribution in [3.63, 3.8) is 0 Å². The summed E-state index contributed by atoms with van der Waals surface area (Å²) in [6.07, 6.45) is 1.76. The Kier molecular flexibility index (Phi) is 5.82. The first-order chi connectivity index (χ1) is 8.95. The highest BCUT2D eigenvalue weighted by Crippen LogP contribution is 2.30. The van der Waals surface area contributed by atoms with Gasteiger partial charge in [-0.05, 0) is 18.9 Å². The molecule has 0 aliphatic heterocycles. The number of thiophene rings is 1. The monoisotopic (exact) mass is 285 g/mol. The molecule has 1 N–H and O–H groups in total. The first kappa shape index (κ1) is 15.5. The van der Waals surface area contributed by atoms with E-state index in [1.54, 1.807) is 20.2 Å². The lowest BCUT2D eigenvalue weighted by molar-refractivity contribution is -0.128. The molecule has 0 aliphatic carbocycles. The van der Waals surface area contributed by atoms with Crippen molar-refractivity contribution in [2.24, 2.45) is 0 Å². The average Bonchev–Trinajstić information content (AvgIpc) is 2.77. The van der Waals surface area contributed by atoms with E-state index in [0.717, 1.165) is 11.3 Å². The van der Waals surface area contributed by atoms with E-state index in [-0.39, 0.29) is 10.8 Å². The van der Waals surface area contributed by atoms with Gasteiger partial charge in [-0.3, -0.25) is 4.79 Å². The van der Waals surface area contributed by atoms with Gasteiger partial charge in [0.25, 0.3) is 0 Å². The van der Waals surface area contributed by atoms with Crippen molar-refractivity contribution in [1.82, 2.24) is 4.90 Å². The fraction of sp³-hybridized carbons (Fsp3) is 0.538. The van der Waals surface area contributed by atoms with Crippen LogP contribution in [0.3, 0.4) is 0 Å². The van der Waals surface area contributed by atoms with E-state index < -0.39 is 5.97 Å². The predicted molar refractivity (Wildman–Crippen MR) is 74.1 cm³/mol. The first-order valence-corrected chi connectivity index (χ1v) is 6.96. The maximum absolute atomic E-state index is 11.4. The Balaban J connectivity index is 2.51. The number of hydrogen-bond acceptors (Lipinski definition) is 4. The Morgan fingerprint density at radius 3 is 2.63 bits per heavy atom. The molecule has 0 fully saturated rings. The van der Waals surface area contributed by atoms with Crippen LogP contribution in [-0.4, -0.2) is 42.6 Å². The van der Waals surface area contributed by atoms with Crippen LogP contribution in [0.25, 0.3) is 0 Å². The van der Waals surface area contributed by atoms with Gasteiger partial charge in [0.05, 0.1) is 6.61 Å². The average molecular weight is 285 g/mol. The van der Waals surface area contributed by atoms with Crippen molar-refractivity contribution >= 4 is 23.2 Å². The summed E-state index contributed by atoms with van der Waals surface area (Å²) < 4.78 is 5.47. The van der Waals surface area contributed by atoms with Gasteiger partial charge in [0.15, 0.2) is 4.88 Å². The number of carbonyl (C=O) groups is 2. The Hall–Kier alpha value is -1.56. The van der Waals surface area contributed by atoms with Crippen molar-refractivity contribution in [2.45, 2.75) is 26.2 Å². The van der Waals surface area contributed by atoms with Crippen LogP contribution in [0.1, 0.15) is 34.3 Å². The molecule has 0 aromatic carbocycles. The van der Waals surface area contributed by atoms with Crippen LogP contribution in [0.4, 0.5) is 0 Å². The van der Waals surface area contributed by atoms with Crippen molar-refractivity contribution in [3.05, 3.63) is 15.8 Å². The third-order valence-corrected chi connectivity index (χ3v) is 3.83. The van der Waals surface area contributed by atoms with E-state index in [1.165, 1.54) is 16.2 Å². The summed E-state index contributed by atoms with van der Waals surface area (Å²) in [7, 11) is 3.41. The number of nitrogens with zero attached hydrogens (tertiary/aromatic N) is 1. The maximum atomic E-state index is 11.4. The molecule has 1 aromatic heterocycles. The molecule has 106 valence electrons. The predicted octanol–water partition coefficient (Wildman–Crippen LogP) is 2.26. The van der Waals surface area contributed by atoms with E-state index in [4.69, 9.17) is 9.84 Å². The molecular formula is C13H19NO4S. The summed E-state index contributed by atoms with van der Waals surface area (Å²) in [4.78, 5) is 25.2. The highest BCUT2D eigenvalue weighted by Gasteiger charge is 2.16. The first-order valence-electron chi connectivity index (χ1n) is 6.14. The Morgan fingerprint density at radius 1 is 1.42 bits per heavy atom. The van der Waals surface area contributed by atoms with Crippen LogP contribution in [0.2, 0.25) is 0 Å². The second kappa shape index (κ2) is 7.13. The smallest absolute Gasteiger partial charge is 0.349 e. The summed E-state index contributed by atoms with van der Waals surface area (Å²) in [5.41, 5.74) is 0. The third-order valence-electron chi connectivity index (χ3n) is 2.58. The molecule has 1 amide bonds. The number of rotatable bonds is 7. The van der Waals surface area contributed by atoms with E-state index >= 15 is 0 Å². The summed E-state index contributed by atoms with van der Waals surface area (Å²) in [5, 5.41) is 9.06. The van der Waals surface area contributed by atoms with Crippen LogP contribution in [0.15, 0.2) is 6.07 Å². The number of ether oxygens (including phenoxy) is 1. The lowest BCUT2D eigenvalue weighted by Crippen LogP contribution is -2.21. The number of amides is 1. The van der Waals surface area contributed by atoms with E-state index in [0.29, 0.717) is 25.2 Å². The minimum absolute atomic E-state index is 0.0432. The molecule has 0 unspecified atom stereocenters. The van der Waals surface area contributed by atoms with Gasteiger partial charge in [0.2, 0.25) is 5.91 Å². The normalized spacial score (nSPS) is 10.3. The standard InChI is InChI=1S/C13H19NO4S/c1-4-9-8-10(12(19-9)13(16)17)18-7-5-6-11(15)14(2)3/h8H,4-7H2,1-3H3,(H,16,17). The second-order valence-corrected chi connectivity index (χ2v) is 5.44. The molecule has 1 heterocycles. The van der Waals surface area contributed by atoms with Crippen LogP contribution in [0, 0.1) is 0 Å². The van der Waals surface area contributed by atoms with Gasteiger partial charge in [-0.2, -0.15) is 0 Å². The van der Waals surface area contributed by atoms with Crippen molar-refractivity contribution < 1.29 is 19.4 Å². The zero-order valence-corrected chi connectivity index (χ0v) is 12.2. The third kappa shape index (κ3) is 4.55. The SMILES string of the molecule is CCc1cc(OCCCC(=O)N(C)C)c(C(=O)O)s1. The number of hydrogen-bond donors (Lipinski definition) is 1. The molecule has 19 heavy (non-hydrogen) atoms. The summed E-state index contributed by atoms with van der Waals surface area (Å²) in [5.74, 6) is -0.516. The summed E-state index contributed by atoms with van der Waals surface area (Å²) in [6, 6.07) is 1.77. The molecule has 0 radical (unpaired) electrons. The van der Waals surface area contributed by atoms with Crippen molar-refractivity contribution in [2.75, 3.05) is 20.7 Å². The summed E-state index contributed by atoms with van der Waals surface area (Å²) in [6.45, 7) is 2.32. The van der Waals surface area contributed by atoms with Gasteiger partial charge in [0, 0.05) is 25.4 Å². The van der Waals surface area contributed by atoms with Crippen LogP contribution < -0.4 is 4.74 Å². The number of aromatic carboxylic acids is 1. The van der Waals surface area contributed by atoms with Crippen LogP contribution in [0.5, 0.6) is 5.75 Å². The van der Waals surface area contributed by atoms with Gasteiger partial charge >= 0.3 is 5.97 Å². The van der Waals surface area contributed by atoms with Gasteiger partial charge in [-0.1, -0.05) is 6.92 Å². The van der Waals surface area contributed by atoms with Gasteiger partial charge in [0.1, 0.15) is 5.75 Å². The molecule has 0 saturated carbocycles. The van der Waals surface area contributed by atoms with E-state index in [9.17, 15) is 9.59 Å². The van der Waals surface area contributed by atoms with Crippen molar-refractivity contribution in [1.29, 1.82) is 0 Å². The van der Waals surface area contributed by atoms with Gasteiger partial charge in [-0.15, -0.1) is 11.3 Å². The lowest BCUT2D eigenvalue weighted by atomic mass is 10.3. The fourth-order valence-electron chi connectivity index (χ4n) is 1.48. The Morgan fingerprint density at radius 2 is 2.11 bits per heavy atom. The molecular weight excluding hydrogens is 266 g/mol. The molecule has 0 atom stereocenters. The van der Waals surface area contributed by atoms with Gasteiger partial charge in [-0.25, -0.2) is 4.79 Å². The Labute approximate surface area is 116 Å². The number of carboxylic acids is 1. The quantitative estimate of drug-likeness (QED) is 0.780. The molecule has 5 nitrogen and oxygen atoms in total. The maximum Gasteiger partial charge on any atom is 0.349 e. The minimum atomic E-state index is -0.968. The lowest BCUT2D eigenvalue weighted by Gasteiger charge is -2.10. The second-order valence-electron chi connectivity index (χ2n) is 4.30. The summed E-state index contributed by atoms with van der Waals surface area (Å²) >= 11 is 1.24. The molecule has 6 heteroatoms. The topological polar surface area (TPSA) is 66.8 Å². The zero-order valence-electron chi connectivity index (χ0n) is 11.4. The van der Waals surface area contributed by atoms with Crippen molar-refractivity contribution in [3.8, 4) is 5.75 Å².